The molecule has 2 aromatic carbocycles. The zero-order chi connectivity index (χ0) is 17.1. The van der Waals surface area contributed by atoms with Gasteiger partial charge in [-0.15, -0.1) is 11.3 Å². The molecule has 8 heteroatoms. The van der Waals surface area contributed by atoms with Crippen LogP contribution in [0, 0.1) is 10.1 Å². The molecule has 1 amide bonds. The number of hydrogen-bond acceptors (Lipinski definition) is 5. The van der Waals surface area contributed by atoms with E-state index in [9.17, 15) is 14.9 Å². The van der Waals surface area contributed by atoms with Gasteiger partial charge in [0.05, 0.1) is 10.6 Å². The summed E-state index contributed by atoms with van der Waals surface area (Å²) in [6, 6.07) is 13.1. The number of anilines is 1. The van der Waals surface area contributed by atoms with Crippen molar-refractivity contribution in [2.24, 2.45) is 0 Å². The lowest BCUT2D eigenvalue weighted by Gasteiger charge is -2.01. The van der Waals surface area contributed by atoms with Crippen LogP contribution < -0.4 is 5.32 Å². The molecule has 0 fully saturated rings. The minimum atomic E-state index is -0.507. The Labute approximate surface area is 149 Å². The number of thiazole rings is 1. The van der Waals surface area contributed by atoms with E-state index in [0.29, 0.717) is 10.7 Å². The zero-order valence-corrected chi connectivity index (χ0v) is 14.5. The highest BCUT2D eigenvalue weighted by molar-refractivity contribution is 9.10. The molecule has 0 bridgehead atoms. The number of carbonyl (C=O) groups excluding carboxylic acids is 1. The van der Waals surface area contributed by atoms with Crippen molar-refractivity contribution in [1.82, 2.24) is 4.98 Å². The second-order valence-corrected chi connectivity index (χ2v) is 6.58. The summed E-state index contributed by atoms with van der Waals surface area (Å²) in [5.74, 6) is -0.361. The number of amides is 1. The van der Waals surface area contributed by atoms with Gasteiger partial charge in [-0.05, 0) is 24.3 Å². The Bertz CT molecular complexity index is 909. The highest BCUT2D eigenvalue weighted by Gasteiger charge is 2.12. The minimum Gasteiger partial charge on any atom is -0.298 e. The molecule has 0 aliphatic carbocycles. The standard InChI is InChI=1S/C16H10BrN3O3S/c17-12-3-1-2-11(8-12)14-9-24-16(18-14)19-15(21)10-4-6-13(7-5-10)20(22)23/h1-9H,(H,18,19,21). The lowest BCUT2D eigenvalue weighted by atomic mass is 10.2. The van der Waals surface area contributed by atoms with E-state index in [1.165, 1.54) is 35.6 Å². The van der Waals surface area contributed by atoms with Crippen molar-refractivity contribution in [3.05, 3.63) is 74.1 Å². The van der Waals surface area contributed by atoms with E-state index >= 15 is 0 Å². The molecular weight excluding hydrogens is 394 g/mol. The van der Waals surface area contributed by atoms with Gasteiger partial charge in [-0.1, -0.05) is 28.1 Å². The average molecular weight is 404 g/mol. The SMILES string of the molecule is O=C(Nc1nc(-c2cccc(Br)c2)cs1)c1ccc([N+](=O)[O-])cc1. The van der Waals surface area contributed by atoms with E-state index in [1.54, 1.807) is 0 Å². The van der Waals surface area contributed by atoms with Crippen LogP contribution in [0.4, 0.5) is 10.8 Å². The molecule has 120 valence electrons. The fraction of sp³-hybridized carbons (Fsp3) is 0. The maximum Gasteiger partial charge on any atom is 0.269 e. The van der Waals surface area contributed by atoms with Gasteiger partial charge in [-0.25, -0.2) is 4.98 Å². The van der Waals surface area contributed by atoms with E-state index in [2.05, 4.69) is 26.2 Å². The van der Waals surface area contributed by atoms with E-state index in [4.69, 9.17) is 0 Å². The van der Waals surface area contributed by atoms with Crippen LogP contribution in [0.3, 0.4) is 0 Å². The maximum atomic E-state index is 12.2. The molecule has 0 spiro atoms. The number of nitrogens with one attached hydrogen (secondary N) is 1. The number of hydrogen-bond donors (Lipinski definition) is 1. The highest BCUT2D eigenvalue weighted by Crippen LogP contribution is 2.27. The zero-order valence-electron chi connectivity index (χ0n) is 12.1. The number of benzene rings is 2. The van der Waals surface area contributed by atoms with Crippen molar-refractivity contribution in [2.75, 3.05) is 5.32 Å². The third-order valence-electron chi connectivity index (χ3n) is 3.19. The monoisotopic (exact) mass is 403 g/mol. The Hall–Kier alpha value is -2.58. The normalized spacial score (nSPS) is 10.4. The van der Waals surface area contributed by atoms with Gasteiger partial charge in [0.2, 0.25) is 0 Å². The minimum absolute atomic E-state index is 0.0576. The lowest BCUT2D eigenvalue weighted by Crippen LogP contribution is -2.11. The van der Waals surface area contributed by atoms with Crippen LogP contribution in [-0.4, -0.2) is 15.8 Å². The van der Waals surface area contributed by atoms with Crippen LogP contribution in [0.1, 0.15) is 10.4 Å². The molecule has 1 aromatic heterocycles. The summed E-state index contributed by atoms with van der Waals surface area (Å²) in [5.41, 5.74) is 1.98. The maximum absolute atomic E-state index is 12.2. The Morgan fingerprint density at radius 3 is 2.62 bits per heavy atom. The number of non-ortho nitro benzene ring substituents is 1. The highest BCUT2D eigenvalue weighted by atomic mass is 79.9. The predicted molar refractivity (Wildman–Crippen MR) is 96.3 cm³/mol. The van der Waals surface area contributed by atoms with Gasteiger partial charge >= 0.3 is 0 Å². The van der Waals surface area contributed by atoms with Crippen LogP contribution >= 0.6 is 27.3 Å². The molecule has 0 unspecified atom stereocenters. The first-order chi connectivity index (χ1) is 11.5. The Morgan fingerprint density at radius 1 is 1.21 bits per heavy atom. The molecule has 24 heavy (non-hydrogen) atoms. The number of carbonyl (C=O) groups is 1. The largest absolute Gasteiger partial charge is 0.298 e. The fourth-order valence-electron chi connectivity index (χ4n) is 2.02. The lowest BCUT2D eigenvalue weighted by molar-refractivity contribution is -0.384. The molecule has 0 radical (unpaired) electrons. The Morgan fingerprint density at radius 2 is 1.96 bits per heavy atom. The van der Waals surface area contributed by atoms with Crippen LogP contribution in [0.2, 0.25) is 0 Å². The first kappa shape index (κ1) is 16.3. The third-order valence-corrected chi connectivity index (χ3v) is 4.44. The van der Waals surface area contributed by atoms with Gasteiger partial charge in [0, 0.05) is 33.1 Å². The quantitative estimate of drug-likeness (QED) is 0.503. The van der Waals surface area contributed by atoms with Gasteiger partial charge in [0.25, 0.3) is 11.6 Å². The number of nitro benzene ring substituents is 1. The van der Waals surface area contributed by atoms with Crippen LogP contribution in [0.5, 0.6) is 0 Å². The van der Waals surface area contributed by atoms with E-state index in [-0.39, 0.29) is 11.6 Å². The number of halogens is 1. The summed E-state index contributed by atoms with van der Waals surface area (Å²) in [7, 11) is 0. The molecule has 1 heterocycles. The molecule has 0 aliphatic heterocycles. The molecule has 1 N–H and O–H groups in total. The van der Waals surface area contributed by atoms with Crippen molar-refractivity contribution in [3.8, 4) is 11.3 Å². The first-order valence-electron chi connectivity index (χ1n) is 6.80. The molecule has 3 aromatic rings. The van der Waals surface area contributed by atoms with E-state index in [0.717, 1.165) is 15.7 Å². The Balaban J connectivity index is 1.74. The number of nitro groups is 1. The van der Waals surface area contributed by atoms with Crippen LogP contribution in [0.15, 0.2) is 58.4 Å². The van der Waals surface area contributed by atoms with Gasteiger partial charge in [-0.2, -0.15) is 0 Å². The summed E-state index contributed by atoms with van der Waals surface area (Å²) < 4.78 is 0.949. The third kappa shape index (κ3) is 3.66. The van der Waals surface area contributed by atoms with Crippen molar-refractivity contribution < 1.29 is 9.72 Å². The number of nitrogens with zero attached hydrogens (tertiary/aromatic N) is 2. The smallest absolute Gasteiger partial charge is 0.269 e. The van der Waals surface area contributed by atoms with Gasteiger partial charge < -0.3 is 0 Å². The Kier molecular flexibility index (Phi) is 4.68. The average Bonchev–Trinajstić information content (AvgIpc) is 3.03. The summed E-state index contributed by atoms with van der Waals surface area (Å²) in [4.78, 5) is 26.7. The van der Waals surface area contributed by atoms with E-state index in [1.807, 2.05) is 29.6 Å². The number of rotatable bonds is 4. The molecule has 0 atom stereocenters. The summed E-state index contributed by atoms with van der Waals surface area (Å²) in [6.45, 7) is 0. The molecule has 0 aliphatic rings. The molecule has 6 nitrogen and oxygen atoms in total. The second kappa shape index (κ2) is 6.90. The molecule has 3 rings (SSSR count). The van der Waals surface area contributed by atoms with Crippen molar-refractivity contribution in [1.29, 1.82) is 0 Å². The molecule has 0 saturated carbocycles. The molecular formula is C16H10BrN3O3S. The first-order valence-corrected chi connectivity index (χ1v) is 8.47. The molecule has 0 saturated heterocycles. The van der Waals surface area contributed by atoms with Gasteiger partial charge in [-0.3, -0.25) is 20.2 Å². The predicted octanol–water partition coefficient (Wildman–Crippen LogP) is 4.73. The van der Waals surface area contributed by atoms with E-state index < -0.39 is 4.92 Å². The summed E-state index contributed by atoms with van der Waals surface area (Å²) in [6.07, 6.45) is 0. The topological polar surface area (TPSA) is 85.1 Å². The fourth-order valence-corrected chi connectivity index (χ4v) is 3.13. The van der Waals surface area contributed by atoms with Crippen molar-refractivity contribution >= 4 is 44.0 Å². The number of aromatic nitrogens is 1. The van der Waals surface area contributed by atoms with Gasteiger partial charge in [0.1, 0.15) is 0 Å². The second-order valence-electron chi connectivity index (χ2n) is 4.81. The summed E-state index contributed by atoms with van der Waals surface area (Å²) in [5, 5.41) is 15.6. The summed E-state index contributed by atoms with van der Waals surface area (Å²) >= 11 is 4.73. The van der Waals surface area contributed by atoms with Gasteiger partial charge in [0.15, 0.2) is 5.13 Å². The van der Waals surface area contributed by atoms with Crippen molar-refractivity contribution in [2.45, 2.75) is 0 Å². The van der Waals surface area contributed by atoms with Crippen LogP contribution in [-0.2, 0) is 0 Å². The van der Waals surface area contributed by atoms with Crippen molar-refractivity contribution in [3.63, 3.8) is 0 Å². The van der Waals surface area contributed by atoms with Crippen LogP contribution in [0.25, 0.3) is 11.3 Å².